The summed E-state index contributed by atoms with van der Waals surface area (Å²) in [6.07, 6.45) is 0.627. The molecule has 3 heterocycles. The first-order chi connectivity index (χ1) is 15.3. The van der Waals surface area contributed by atoms with Crippen LogP contribution in [0.5, 0.6) is 11.5 Å². The van der Waals surface area contributed by atoms with E-state index in [2.05, 4.69) is 5.32 Å². The van der Waals surface area contributed by atoms with E-state index in [4.69, 9.17) is 24.9 Å². The summed E-state index contributed by atoms with van der Waals surface area (Å²) in [4.78, 5) is 18.8. The lowest BCUT2D eigenvalue weighted by molar-refractivity contribution is -0.0418. The van der Waals surface area contributed by atoms with Crippen LogP contribution in [0.25, 0.3) is 10.2 Å². The largest absolute Gasteiger partial charge is 0.497 e. The van der Waals surface area contributed by atoms with Crippen LogP contribution < -0.4 is 20.5 Å². The number of aliphatic hydroxyl groups excluding tert-OH is 1. The molecule has 4 N–H and O–H groups in total. The lowest BCUT2D eigenvalue weighted by Crippen LogP contribution is -2.33. The predicted octanol–water partition coefficient (Wildman–Crippen LogP) is 3.17. The van der Waals surface area contributed by atoms with Gasteiger partial charge in [0.05, 0.1) is 44.4 Å². The Kier molecular flexibility index (Phi) is 5.98. The van der Waals surface area contributed by atoms with Crippen molar-refractivity contribution >= 4 is 33.1 Å². The number of fused-ring (bicyclic) bond motifs is 2. The molecule has 1 amide bonds. The zero-order valence-corrected chi connectivity index (χ0v) is 19.4. The first-order valence-corrected chi connectivity index (χ1v) is 11.1. The van der Waals surface area contributed by atoms with Gasteiger partial charge in [-0.25, -0.2) is 4.98 Å². The van der Waals surface area contributed by atoms with Crippen molar-refractivity contribution in [3.63, 3.8) is 0 Å². The van der Waals surface area contributed by atoms with Gasteiger partial charge in [-0.15, -0.1) is 11.3 Å². The number of hydrogen-bond acceptors (Lipinski definition) is 8. The summed E-state index contributed by atoms with van der Waals surface area (Å²) in [5.74, 6) is 0.986. The third-order valence-electron chi connectivity index (χ3n) is 5.68. The number of amides is 1. The van der Waals surface area contributed by atoms with Gasteiger partial charge in [0.2, 0.25) is 0 Å². The molecular weight excluding hydrogens is 430 g/mol. The first-order valence-electron chi connectivity index (χ1n) is 10.2. The number of pyridine rings is 1. The molecule has 0 atom stereocenters. The number of ether oxygens (including phenoxy) is 3. The molecule has 170 valence electrons. The Morgan fingerprint density at radius 1 is 1.34 bits per heavy atom. The molecule has 0 saturated carbocycles. The smallest absolute Gasteiger partial charge is 0.263 e. The molecule has 3 aromatic rings. The normalized spacial score (nSPS) is 14.8. The second-order valence-electron chi connectivity index (χ2n) is 8.28. The predicted molar refractivity (Wildman–Crippen MR) is 123 cm³/mol. The number of thiophene rings is 1. The van der Waals surface area contributed by atoms with E-state index in [0.29, 0.717) is 50.9 Å². The Morgan fingerprint density at radius 3 is 2.81 bits per heavy atom. The Morgan fingerprint density at radius 2 is 2.12 bits per heavy atom. The zero-order chi connectivity index (χ0) is 23.0. The second kappa shape index (κ2) is 8.57. The molecule has 8 nitrogen and oxygen atoms in total. The number of nitrogens with two attached hydrogens (primary N) is 1. The van der Waals surface area contributed by atoms with Crippen LogP contribution in [0.2, 0.25) is 0 Å². The van der Waals surface area contributed by atoms with E-state index in [9.17, 15) is 9.90 Å². The van der Waals surface area contributed by atoms with Crippen LogP contribution in [0, 0.1) is 0 Å². The number of rotatable bonds is 6. The van der Waals surface area contributed by atoms with Gasteiger partial charge in [0.1, 0.15) is 21.2 Å². The van der Waals surface area contributed by atoms with Gasteiger partial charge in [0.25, 0.3) is 5.91 Å². The van der Waals surface area contributed by atoms with Gasteiger partial charge in [-0.3, -0.25) is 4.79 Å². The van der Waals surface area contributed by atoms with E-state index in [1.165, 1.54) is 11.3 Å². The number of nitrogens with zero attached hydrogens (tertiary/aromatic N) is 1. The average Bonchev–Trinajstić information content (AvgIpc) is 3.11. The number of nitrogen functional groups attached to an aromatic ring is 1. The molecule has 32 heavy (non-hydrogen) atoms. The fourth-order valence-electron chi connectivity index (χ4n) is 3.95. The van der Waals surface area contributed by atoms with E-state index in [0.717, 1.165) is 16.8 Å². The molecule has 9 heteroatoms. The lowest BCUT2D eigenvalue weighted by atomic mass is 9.92. The maximum absolute atomic E-state index is 13.0. The fourth-order valence-corrected chi connectivity index (χ4v) is 5.01. The average molecular weight is 458 g/mol. The zero-order valence-electron chi connectivity index (χ0n) is 18.6. The van der Waals surface area contributed by atoms with E-state index >= 15 is 0 Å². The topological polar surface area (TPSA) is 116 Å². The van der Waals surface area contributed by atoms with Crippen LogP contribution in [-0.2, 0) is 30.9 Å². The third kappa shape index (κ3) is 3.99. The van der Waals surface area contributed by atoms with E-state index in [1.54, 1.807) is 20.3 Å². The summed E-state index contributed by atoms with van der Waals surface area (Å²) < 4.78 is 16.5. The molecule has 1 aromatic carbocycles. The van der Waals surface area contributed by atoms with Crippen molar-refractivity contribution < 1.29 is 24.1 Å². The minimum Gasteiger partial charge on any atom is -0.497 e. The monoisotopic (exact) mass is 457 g/mol. The maximum Gasteiger partial charge on any atom is 0.263 e. The van der Waals surface area contributed by atoms with Gasteiger partial charge >= 0.3 is 0 Å². The van der Waals surface area contributed by atoms with Crippen LogP contribution in [0.15, 0.2) is 18.2 Å². The SMILES string of the molecule is COc1ccc(CNC(=O)c2sc3nc4c(c(CO)c3c2N)COC(C)(C)C4)c(OC)c1. The number of aliphatic hydroxyl groups is 1. The number of methoxy groups -OCH3 is 2. The number of carbonyl (C=O) groups is 1. The van der Waals surface area contributed by atoms with E-state index in [-0.39, 0.29) is 24.7 Å². The lowest BCUT2D eigenvalue weighted by Gasteiger charge is -2.32. The third-order valence-corrected chi connectivity index (χ3v) is 6.77. The standard InChI is InChI=1S/C23H27N3O5S/c1-23(2)8-16-15(11-31-23)14(10-27)18-19(24)20(32-22(18)26-16)21(28)25-9-12-5-6-13(29-3)7-17(12)30-4/h5-7,27H,8-11,24H2,1-4H3,(H,25,28). The number of anilines is 1. The van der Waals surface area contributed by atoms with Crippen molar-refractivity contribution in [3.8, 4) is 11.5 Å². The van der Waals surface area contributed by atoms with Gasteiger partial charge in [0.15, 0.2) is 0 Å². The number of benzene rings is 1. The van der Waals surface area contributed by atoms with E-state index in [1.807, 2.05) is 26.0 Å². The Labute approximate surface area is 190 Å². The maximum atomic E-state index is 13.0. The van der Waals surface area contributed by atoms with Crippen molar-refractivity contribution in [3.05, 3.63) is 45.5 Å². The molecule has 0 bridgehead atoms. The summed E-state index contributed by atoms with van der Waals surface area (Å²) in [6.45, 7) is 4.44. The number of aromatic nitrogens is 1. The molecule has 4 rings (SSSR count). The van der Waals surface area contributed by atoms with Crippen molar-refractivity contribution in [2.24, 2.45) is 0 Å². The van der Waals surface area contributed by atoms with Crippen molar-refractivity contribution in [2.45, 2.75) is 45.6 Å². The van der Waals surface area contributed by atoms with Gasteiger partial charge in [-0.1, -0.05) is 0 Å². The number of carbonyl (C=O) groups excluding carboxylic acids is 1. The van der Waals surface area contributed by atoms with Crippen molar-refractivity contribution in [2.75, 3.05) is 20.0 Å². The number of hydrogen-bond donors (Lipinski definition) is 3. The minimum atomic E-state index is -0.333. The van der Waals surface area contributed by atoms with Gasteiger partial charge in [-0.2, -0.15) is 0 Å². The highest BCUT2D eigenvalue weighted by molar-refractivity contribution is 7.21. The molecule has 1 aliphatic rings. The molecule has 0 radical (unpaired) electrons. The van der Waals surface area contributed by atoms with Crippen molar-refractivity contribution in [1.82, 2.24) is 10.3 Å². The van der Waals surface area contributed by atoms with Crippen molar-refractivity contribution in [1.29, 1.82) is 0 Å². The molecular formula is C23H27N3O5S. The molecule has 0 unspecified atom stereocenters. The molecule has 0 spiro atoms. The molecule has 0 saturated heterocycles. The second-order valence-corrected chi connectivity index (χ2v) is 9.28. The summed E-state index contributed by atoms with van der Waals surface area (Å²) in [6, 6.07) is 5.41. The van der Waals surface area contributed by atoms with Crippen LogP contribution in [-0.4, -0.2) is 35.8 Å². The van der Waals surface area contributed by atoms with Crippen LogP contribution in [0.3, 0.4) is 0 Å². The highest BCUT2D eigenvalue weighted by atomic mass is 32.1. The molecule has 2 aromatic heterocycles. The highest BCUT2D eigenvalue weighted by Gasteiger charge is 2.31. The molecule has 0 fully saturated rings. The summed E-state index contributed by atoms with van der Waals surface area (Å²) in [5, 5.41) is 13.6. The quantitative estimate of drug-likeness (QED) is 0.521. The van der Waals surface area contributed by atoms with Crippen LogP contribution in [0.1, 0.15) is 45.9 Å². The van der Waals surface area contributed by atoms with E-state index < -0.39 is 0 Å². The molecule has 1 aliphatic heterocycles. The minimum absolute atomic E-state index is 0.198. The first kappa shape index (κ1) is 22.3. The number of nitrogens with one attached hydrogen (secondary N) is 1. The Hall–Kier alpha value is -2.88. The Bertz CT molecular complexity index is 1190. The fraction of sp³-hybridized carbons (Fsp3) is 0.391. The summed E-state index contributed by atoms with van der Waals surface area (Å²) >= 11 is 1.23. The Balaban J connectivity index is 1.65. The van der Waals surface area contributed by atoms with Gasteiger partial charge in [-0.05, 0) is 31.5 Å². The van der Waals surface area contributed by atoms with Gasteiger partial charge in [0, 0.05) is 35.5 Å². The van der Waals surface area contributed by atoms with Crippen LogP contribution >= 0.6 is 11.3 Å². The van der Waals surface area contributed by atoms with Gasteiger partial charge < -0.3 is 30.4 Å². The highest BCUT2D eigenvalue weighted by Crippen LogP contribution is 2.40. The summed E-state index contributed by atoms with van der Waals surface area (Å²) in [5.41, 5.74) is 9.62. The molecule has 0 aliphatic carbocycles. The summed E-state index contributed by atoms with van der Waals surface area (Å²) in [7, 11) is 3.15. The van der Waals surface area contributed by atoms with Crippen LogP contribution in [0.4, 0.5) is 5.69 Å².